The van der Waals surface area contributed by atoms with E-state index < -0.39 is 4.92 Å². The van der Waals surface area contributed by atoms with E-state index in [0.29, 0.717) is 11.0 Å². The lowest BCUT2D eigenvalue weighted by molar-refractivity contribution is -0.384. The van der Waals surface area contributed by atoms with Crippen molar-refractivity contribution < 1.29 is 9.66 Å². The van der Waals surface area contributed by atoms with Crippen LogP contribution >= 0.6 is 15.9 Å². The molecule has 0 saturated heterocycles. The summed E-state index contributed by atoms with van der Waals surface area (Å²) in [6.07, 6.45) is 0. The molecule has 1 N–H and O–H groups in total. The molecule has 0 amide bonds. The summed E-state index contributed by atoms with van der Waals surface area (Å²) >= 11 is 3.36. The molecule has 0 spiro atoms. The van der Waals surface area contributed by atoms with Gasteiger partial charge in [-0.1, -0.05) is 22.0 Å². The maximum Gasteiger partial charge on any atom is 0.270 e. The van der Waals surface area contributed by atoms with E-state index in [-0.39, 0.29) is 5.69 Å². The van der Waals surface area contributed by atoms with Crippen LogP contribution in [-0.2, 0) is 6.54 Å². The number of hydrogen-bond acceptors (Lipinski definition) is 4. The molecule has 0 bridgehead atoms. The van der Waals surface area contributed by atoms with Crippen LogP contribution < -0.4 is 10.1 Å². The van der Waals surface area contributed by atoms with Crippen LogP contribution in [-0.4, -0.2) is 12.0 Å². The molecule has 0 radical (unpaired) electrons. The number of methoxy groups -OCH3 is 1. The van der Waals surface area contributed by atoms with E-state index in [2.05, 4.69) is 21.2 Å². The van der Waals surface area contributed by atoms with Crippen LogP contribution in [0.3, 0.4) is 0 Å². The number of ether oxygens (including phenoxy) is 1. The highest BCUT2D eigenvalue weighted by Gasteiger charge is 2.10. The van der Waals surface area contributed by atoms with Crippen LogP contribution in [0.15, 0.2) is 40.9 Å². The van der Waals surface area contributed by atoms with Gasteiger partial charge in [0, 0.05) is 23.2 Å². The zero-order chi connectivity index (χ0) is 15.4. The van der Waals surface area contributed by atoms with Crippen molar-refractivity contribution in [1.82, 2.24) is 0 Å². The molecule has 0 heterocycles. The van der Waals surface area contributed by atoms with E-state index in [0.717, 1.165) is 22.6 Å². The van der Waals surface area contributed by atoms with Crippen molar-refractivity contribution in [2.45, 2.75) is 13.5 Å². The number of nitro groups is 1. The van der Waals surface area contributed by atoms with Gasteiger partial charge in [-0.2, -0.15) is 0 Å². The number of hydrogen-bond donors (Lipinski definition) is 1. The van der Waals surface area contributed by atoms with E-state index in [4.69, 9.17) is 4.74 Å². The Bertz CT molecular complexity index is 674. The maximum atomic E-state index is 10.7. The van der Waals surface area contributed by atoms with Gasteiger partial charge in [0.05, 0.1) is 17.7 Å². The molecule has 2 aromatic rings. The average Bonchev–Trinajstić information content (AvgIpc) is 2.46. The third-order valence-corrected chi connectivity index (χ3v) is 3.81. The standard InChI is InChI=1S/C15H15BrN2O3/c1-10-3-6-15(21-2)14(7-10)17-9-11-4-5-12(18(19)20)8-13(11)16/h3-8,17H,9H2,1-2H3. The quantitative estimate of drug-likeness (QED) is 0.645. The number of nitro benzene ring substituents is 1. The first kappa shape index (κ1) is 15.3. The maximum absolute atomic E-state index is 10.7. The average molecular weight is 351 g/mol. The summed E-state index contributed by atoms with van der Waals surface area (Å²) < 4.78 is 6.01. The van der Waals surface area contributed by atoms with Gasteiger partial charge in [-0.25, -0.2) is 0 Å². The predicted molar refractivity (Wildman–Crippen MR) is 85.9 cm³/mol. The lowest BCUT2D eigenvalue weighted by Crippen LogP contribution is -2.03. The molecule has 0 aliphatic carbocycles. The Labute approximate surface area is 131 Å². The summed E-state index contributed by atoms with van der Waals surface area (Å²) in [7, 11) is 1.62. The van der Waals surface area contributed by atoms with Gasteiger partial charge in [-0.3, -0.25) is 10.1 Å². The van der Waals surface area contributed by atoms with Crippen LogP contribution in [0.1, 0.15) is 11.1 Å². The number of nitrogens with zero attached hydrogens (tertiary/aromatic N) is 1. The number of rotatable bonds is 5. The Balaban J connectivity index is 2.17. The number of non-ortho nitro benzene ring substituents is 1. The number of nitrogens with one attached hydrogen (secondary N) is 1. The Morgan fingerprint density at radius 2 is 2.05 bits per heavy atom. The smallest absolute Gasteiger partial charge is 0.270 e. The molecule has 0 unspecified atom stereocenters. The third-order valence-electron chi connectivity index (χ3n) is 3.07. The first-order chi connectivity index (χ1) is 10.0. The van der Waals surface area contributed by atoms with Gasteiger partial charge >= 0.3 is 0 Å². The van der Waals surface area contributed by atoms with Crippen molar-refractivity contribution in [3.63, 3.8) is 0 Å². The zero-order valence-electron chi connectivity index (χ0n) is 11.7. The topological polar surface area (TPSA) is 64.4 Å². The van der Waals surface area contributed by atoms with E-state index in [9.17, 15) is 10.1 Å². The third kappa shape index (κ3) is 3.72. The van der Waals surface area contributed by atoms with Crippen LogP contribution in [0.5, 0.6) is 5.75 Å². The molecule has 0 aliphatic rings. The monoisotopic (exact) mass is 350 g/mol. The number of anilines is 1. The molecule has 5 nitrogen and oxygen atoms in total. The minimum Gasteiger partial charge on any atom is -0.495 e. The molecule has 6 heteroatoms. The van der Waals surface area contributed by atoms with Gasteiger partial charge in [-0.15, -0.1) is 0 Å². The molecule has 2 aromatic carbocycles. The molecule has 0 fully saturated rings. The van der Waals surface area contributed by atoms with Crippen LogP contribution in [0.2, 0.25) is 0 Å². The van der Waals surface area contributed by atoms with Gasteiger partial charge in [-0.05, 0) is 36.2 Å². The van der Waals surface area contributed by atoms with Crippen molar-refractivity contribution in [1.29, 1.82) is 0 Å². The molecule has 21 heavy (non-hydrogen) atoms. The second-order valence-corrected chi connectivity index (χ2v) is 5.44. The van der Waals surface area contributed by atoms with E-state index in [1.165, 1.54) is 12.1 Å². The van der Waals surface area contributed by atoms with Gasteiger partial charge in [0.15, 0.2) is 0 Å². The number of halogens is 1. The van der Waals surface area contributed by atoms with E-state index in [1.54, 1.807) is 13.2 Å². The SMILES string of the molecule is COc1ccc(C)cc1NCc1ccc([N+](=O)[O-])cc1Br. The summed E-state index contributed by atoms with van der Waals surface area (Å²) in [5.74, 6) is 0.763. The van der Waals surface area contributed by atoms with Crippen molar-refractivity contribution in [2.75, 3.05) is 12.4 Å². The number of aryl methyl sites for hydroxylation is 1. The van der Waals surface area contributed by atoms with Crippen LogP contribution in [0, 0.1) is 17.0 Å². The Hall–Kier alpha value is -2.08. The highest BCUT2D eigenvalue weighted by Crippen LogP contribution is 2.28. The second-order valence-electron chi connectivity index (χ2n) is 4.59. The van der Waals surface area contributed by atoms with Crippen molar-refractivity contribution >= 4 is 27.3 Å². The fourth-order valence-corrected chi connectivity index (χ4v) is 2.45. The lowest BCUT2D eigenvalue weighted by Gasteiger charge is -2.12. The van der Waals surface area contributed by atoms with E-state index in [1.807, 2.05) is 25.1 Å². The normalized spacial score (nSPS) is 10.2. The predicted octanol–water partition coefficient (Wildman–Crippen LogP) is 4.29. The summed E-state index contributed by atoms with van der Waals surface area (Å²) in [4.78, 5) is 10.3. The second kappa shape index (κ2) is 6.58. The van der Waals surface area contributed by atoms with Crippen molar-refractivity contribution in [2.24, 2.45) is 0 Å². The molecular formula is C15H15BrN2O3. The molecule has 0 atom stereocenters. The van der Waals surface area contributed by atoms with Crippen LogP contribution in [0.4, 0.5) is 11.4 Å². The summed E-state index contributed by atoms with van der Waals surface area (Å²) in [5, 5.41) is 14.0. The van der Waals surface area contributed by atoms with Gasteiger partial charge in [0.1, 0.15) is 5.75 Å². The minimum absolute atomic E-state index is 0.0683. The van der Waals surface area contributed by atoms with E-state index >= 15 is 0 Å². The molecule has 0 aromatic heterocycles. The van der Waals surface area contributed by atoms with Crippen molar-refractivity contribution in [3.05, 3.63) is 62.1 Å². The first-order valence-electron chi connectivity index (χ1n) is 6.32. The summed E-state index contributed by atoms with van der Waals surface area (Å²) in [6, 6.07) is 10.6. The Kier molecular flexibility index (Phi) is 4.80. The number of benzene rings is 2. The zero-order valence-corrected chi connectivity index (χ0v) is 13.3. The van der Waals surface area contributed by atoms with Crippen LogP contribution in [0.25, 0.3) is 0 Å². The van der Waals surface area contributed by atoms with Gasteiger partial charge < -0.3 is 10.1 Å². The largest absolute Gasteiger partial charge is 0.495 e. The molecular weight excluding hydrogens is 336 g/mol. The van der Waals surface area contributed by atoms with Gasteiger partial charge in [0.25, 0.3) is 5.69 Å². The lowest BCUT2D eigenvalue weighted by atomic mass is 10.1. The Morgan fingerprint density at radius 1 is 1.29 bits per heavy atom. The van der Waals surface area contributed by atoms with Gasteiger partial charge in [0.2, 0.25) is 0 Å². The molecule has 110 valence electrons. The summed E-state index contributed by atoms with van der Waals surface area (Å²) in [5.41, 5.74) is 3.02. The highest BCUT2D eigenvalue weighted by molar-refractivity contribution is 9.10. The fourth-order valence-electron chi connectivity index (χ4n) is 1.94. The molecule has 0 aliphatic heterocycles. The van der Waals surface area contributed by atoms with Crippen molar-refractivity contribution in [3.8, 4) is 5.75 Å². The molecule has 0 saturated carbocycles. The minimum atomic E-state index is -0.411. The summed E-state index contributed by atoms with van der Waals surface area (Å²) in [6.45, 7) is 2.55. The first-order valence-corrected chi connectivity index (χ1v) is 7.12. The Morgan fingerprint density at radius 3 is 2.67 bits per heavy atom. The molecule has 2 rings (SSSR count). The fraction of sp³-hybridized carbons (Fsp3) is 0.200. The highest BCUT2D eigenvalue weighted by atomic mass is 79.9.